The summed E-state index contributed by atoms with van der Waals surface area (Å²) >= 11 is 0. The number of ether oxygens (including phenoxy) is 1. The van der Waals surface area contributed by atoms with Crippen LogP contribution in [0.25, 0.3) is 0 Å². The molecule has 0 saturated carbocycles. The minimum atomic E-state index is -1.21. The number of furan rings is 1. The lowest BCUT2D eigenvalue weighted by molar-refractivity contribution is 0.0169. The number of halogens is 2. The topological polar surface area (TPSA) is 82.3 Å². The summed E-state index contributed by atoms with van der Waals surface area (Å²) in [5, 5.41) is 17.4. The molecule has 2 heterocycles. The van der Waals surface area contributed by atoms with Gasteiger partial charge in [0.25, 0.3) is 0 Å². The zero-order valence-electron chi connectivity index (χ0n) is 18.9. The van der Waals surface area contributed by atoms with E-state index in [1.165, 1.54) is 12.1 Å². The highest BCUT2D eigenvalue weighted by Crippen LogP contribution is 2.24. The van der Waals surface area contributed by atoms with Gasteiger partial charge in [-0.15, -0.1) is 24.0 Å². The first-order valence-corrected chi connectivity index (χ1v) is 10.8. The van der Waals surface area contributed by atoms with Gasteiger partial charge in [0, 0.05) is 26.2 Å². The van der Waals surface area contributed by atoms with E-state index in [1.807, 2.05) is 32.0 Å². The van der Waals surface area contributed by atoms with E-state index >= 15 is 0 Å². The quantitative estimate of drug-likeness (QED) is 0.262. The van der Waals surface area contributed by atoms with Crippen LogP contribution < -0.4 is 10.6 Å². The van der Waals surface area contributed by atoms with Crippen LogP contribution in [0.4, 0.5) is 4.39 Å². The van der Waals surface area contributed by atoms with Crippen LogP contribution in [-0.4, -0.2) is 61.9 Å². The molecule has 1 fully saturated rings. The number of nitrogens with zero attached hydrogens (tertiary/aromatic N) is 2. The van der Waals surface area contributed by atoms with Gasteiger partial charge in [0.2, 0.25) is 0 Å². The van der Waals surface area contributed by atoms with Crippen molar-refractivity contribution in [2.45, 2.75) is 32.4 Å². The Morgan fingerprint density at radius 2 is 1.88 bits per heavy atom. The summed E-state index contributed by atoms with van der Waals surface area (Å²) in [6.45, 7) is 9.91. The summed E-state index contributed by atoms with van der Waals surface area (Å²) in [5.41, 5.74) is -0.179. The normalized spacial score (nSPS) is 17.8. The van der Waals surface area contributed by atoms with Crippen molar-refractivity contribution in [3.8, 4) is 0 Å². The molecule has 7 nitrogen and oxygen atoms in total. The number of guanidine groups is 1. The Bertz CT molecular complexity index is 851. The molecule has 2 aromatic rings. The molecule has 0 aliphatic carbocycles. The second kappa shape index (κ2) is 12.5. The van der Waals surface area contributed by atoms with E-state index in [1.54, 1.807) is 13.0 Å². The van der Waals surface area contributed by atoms with Gasteiger partial charge in [0.15, 0.2) is 5.96 Å². The SMILES string of the molecule is CCNC(=NCC(C)(O)c1ccc(C)o1)NCC(c1ccc(F)cc1)N1CCOCC1.I. The van der Waals surface area contributed by atoms with Gasteiger partial charge in [-0.2, -0.15) is 0 Å². The molecule has 1 aliphatic heterocycles. The number of morpholine rings is 1. The van der Waals surface area contributed by atoms with Crippen molar-refractivity contribution in [3.63, 3.8) is 0 Å². The van der Waals surface area contributed by atoms with Gasteiger partial charge in [-0.1, -0.05) is 12.1 Å². The monoisotopic (exact) mass is 560 g/mol. The molecule has 0 amide bonds. The Hall–Kier alpha value is -1.69. The van der Waals surface area contributed by atoms with Crippen LogP contribution in [0.15, 0.2) is 45.8 Å². The summed E-state index contributed by atoms with van der Waals surface area (Å²) in [7, 11) is 0. The molecule has 3 N–H and O–H groups in total. The molecule has 0 radical (unpaired) electrons. The number of hydrogen-bond acceptors (Lipinski definition) is 5. The number of aliphatic imine (C=N–C) groups is 1. The van der Waals surface area contributed by atoms with Crippen LogP contribution >= 0.6 is 24.0 Å². The van der Waals surface area contributed by atoms with E-state index in [0.29, 0.717) is 38.0 Å². The van der Waals surface area contributed by atoms with Gasteiger partial charge in [0.1, 0.15) is 22.9 Å². The molecular formula is C23H34FIN4O3. The third-order valence-electron chi connectivity index (χ3n) is 5.36. The summed E-state index contributed by atoms with van der Waals surface area (Å²) in [6, 6.07) is 10.3. The van der Waals surface area contributed by atoms with Crippen LogP contribution in [0.3, 0.4) is 0 Å². The number of rotatable bonds is 8. The maximum absolute atomic E-state index is 13.5. The standard InChI is InChI=1S/C23H33FN4O3.HI/c1-4-25-22(27-16-23(3,29)21-10-5-17(2)31-21)26-15-20(28-11-13-30-14-12-28)18-6-8-19(24)9-7-18;/h5-10,20,29H,4,11-16H2,1-3H3,(H2,25,26,27);1H. The number of nitrogens with one attached hydrogen (secondary N) is 2. The third-order valence-corrected chi connectivity index (χ3v) is 5.36. The predicted octanol–water partition coefficient (Wildman–Crippen LogP) is 3.18. The molecule has 0 bridgehead atoms. The first-order valence-electron chi connectivity index (χ1n) is 10.8. The highest BCUT2D eigenvalue weighted by Gasteiger charge is 2.27. The van der Waals surface area contributed by atoms with Crippen LogP contribution in [0.5, 0.6) is 0 Å². The summed E-state index contributed by atoms with van der Waals surface area (Å²) in [5.74, 6) is 1.59. The first-order chi connectivity index (χ1) is 14.9. The Morgan fingerprint density at radius 1 is 1.19 bits per heavy atom. The lowest BCUT2D eigenvalue weighted by atomic mass is 10.0. The first kappa shape index (κ1) is 26.6. The van der Waals surface area contributed by atoms with Crippen molar-refractivity contribution in [2.24, 2.45) is 4.99 Å². The minimum absolute atomic E-state index is 0. The van der Waals surface area contributed by atoms with Gasteiger partial charge in [0.05, 0.1) is 25.8 Å². The fourth-order valence-corrected chi connectivity index (χ4v) is 3.60. The number of aliphatic hydroxyl groups is 1. The molecule has 2 atom stereocenters. The highest BCUT2D eigenvalue weighted by atomic mass is 127. The minimum Gasteiger partial charge on any atom is -0.463 e. The van der Waals surface area contributed by atoms with Gasteiger partial charge in [-0.25, -0.2) is 9.38 Å². The van der Waals surface area contributed by atoms with E-state index in [-0.39, 0.29) is 42.4 Å². The van der Waals surface area contributed by atoms with Crippen molar-refractivity contribution in [1.29, 1.82) is 0 Å². The summed E-state index contributed by atoms with van der Waals surface area (Å²) in [6.07, 6.45) is 0. The van der Waals surface area contributed by atoms with Crippen molar-refractivity contribution < 1.29 is 18.7 Å². The zero-order chi connectivity index (χ0) is 22.3. The largest absolute Gasteiger partial charge is 0.463 e. The van der Waals surface area contributed by atoms with Gasteiger partial charge in [-0.3, -0.25) is 4.90 Å². The van der Waals surface area contributed by atoms with Gasteiger partial charge < -0.3 is 24.9 Å². The van der Waals surface area contributed by atoms with E-state index in [9.17, 15) is 9.50 Å². The summed E-state index contributed by atoms with van der Waals surface area (Å²) < 4.78 is 24.5. The second-order valence-corrected chi connectivity index (χ2v) is 7.98. The maximum atomic E-state index is 13.5. The Labute approximate surface area is 206 Å². The molecule has 2 unspecified atom stereocenters. The molecule has 9 heteroatoms. The average molecular weight is 560 g/mol. The molecule has 1 saturated heterocycles. The fourth-order valence-electron chi connectivity index (χ4n) is 3.60. The molecule has 1 aromatic heterocycles. The van der Waals surface area contributed by atoms with E-state index in [2.05, 4.69) is 20.5 Å². The fraction of sp³-hybridized carbons (Fsp3) is 0.522. The molecule has 178 valence electrons. The highest BCUT2D eigenvalue weighted by molar-refractivity contribution is 14.0. The third kappa shape index (κ3) is 7.43. The Morgan fingerprint density at radius 3 is 2.47 bits per heavy atom. The van der Waals surface area contributed by atoms with E-state index in [4.69, 9.17) is 9.15 Å². The Balaban J connectivity index is 0.00000363. The van der Waals surface area contributed by atoms with Crippen LogP contribution in [0, 0.1) is 12.7 Å². The molecule has 32 heavy (non-hydrogen) atoms. The second-order valence-electron chi connectivity index (χ2n) is 7.98. The van der Waals surface area contributed by atoms with E-state index in [0.717, 1.165) is 24.4 Å². The molecular weight excluding hydrogens is 526 g/mol. The maximum Gasteiger partial charge on any atom is 0.191 e. The van der Waals surface area contributed by atoms with Crippen LogP contribution in [-0.2, 0) is 10.3 Å². The molecule has 1 aliphatic rings. The van der Waals surface area contributed by atoms with Crippen LogP contribution in [0.1, 0.15) is 37.0 Å². The zero-order valence-corrected chi connectivity index (χ0v) is 21.3. The van der Waals surface area contributed by atoms with Gasteiger partial charge >= 0.3 is 0 Å². The van der Waals surface area contributed by atoms with Crippen molar-refractivity contribution >= 4 is 29.9 Å². The lowest BCUT2D eigenvalue weighted by Gasteiger charge is -2.35. The Kier molecular flexibility index (Phi) is 10.4. The van der Waals surface area contributed by atoms with E-state index < -0.39 is 5.60 Å². The molecule has 0 spiro atoms. The number of benzene rings is 1. The molecule has 3 rings (SSSR count). The number of hydrogen-bond donors (Lipinski definition) is 3. The molecule has 1 aromatic carbocycles. The van der Waals surface area contributed by atoms with Gasteiger partial charge in [-0.05, 0) is 50.6 Å². The van der Waals surface area contributed by atoms with Crippen molar-refractivity contribution in [2.75, 3.05) is 45.9 Å². The predicted molar refractivity (Wildman–Crippen MR) is 134 cm³/mol. The smallest absolute Gasteiger partial charge is 0.191 e. The summed E-state index contributed by atoms with van der Waals surface area (Å²) in [4.78, 5) is 6.91. The lowest BCUT2D eigenvalue weighted by Crippen LogP contribution is -2.46. The average Bonchev–Trinajstić information content (AvgIpc) is 3.21. The van der Waals surface area contributed by atoms with Crippen LogP contribution in [0.2, 0.25) is 0 Å². The number of aryl methyl sites for hydroxylation is 1. The van der Waals surface area contributed by atoms with Crippen molar-refractivity contribution in [3.05, 3.63) is 59.3 Å². The van der Waals surface area contributed by atoms with Crippen molar-refractivity contribution in [1.82, 2.24) is 15.5 Å².